The topological polar surface area (TPSA) is 32.3 Å². The molecule has 0 aliphatic carbocycles. The molecule has 4 heteroatoms. The van der Waals surface area contributed by atoms with Gasteiger partial charge in [0.25, 0.3) is 0 Å². The van der Waals surface area contributed by atoms with Crippen molar-refractivity contribution in [3.63, 3.8) is 0 Å². The highest BCUT2D eigenvalue weighted by atomic mass is 15.3. The molecule has 2 heterocycles. The summed E-state index contributed by atoms with van der Waals surface area (Å²) in [5.74, 6) is 1.81. The van der Waals surface area contributed by atoms with Crippen molar-refractivity contribution in [3.8, 4) is 0 Å². The third-order valence-corrected chi connectivity index (χ3v) is 3.70. The molecule has 3 rings (SSSR count). The summed E-state index contributed by atoms with van der Waals surface area (Å²) in [4.78, 5) is 13.7. The zero-order chi connectivity index (χ0) is 13.9. The van der Waals surface area contributed by atoms with Crippen LogP contribution in [0.1, 0.15) is 18.5 Å². The molecule has 0 atom stereocenters. The van der Waals surface area contributed by atoms with E-state index in [0.29, 0.717) is 0 Å². The van der Waals surface area contributed by atoms with Crippen molar-refractivity contribution in [2.24, 2.45) is 0 Å². The molecule has 0 bridgehead atoms. The summed E-state index contributed by atoms with van der Waals surface area (Å²) >= 11 is 0. The smallest absolute Gasteiger partial charge is 0.227 e. The molecule has 1 aliphatic heterocycles. The minimum Gasteiger partial charge on any atom is -0.341 e. The summed E-state index contributed by atoms with van der Waals surface area (Å²) in [5, 5.41) is 0. The Kier molecular flexibility index (Phi) is 3.54. The number of nitrogens with zero attached hydrogens (tertiary/aromatic N) is 4. The van der Waals surface area contributed by atoms with Crippen LogP contribution in [0, 0.1) is 6.92 Å². The Labute approximate surface area is 120 Å². The first-order valence-electron chi connectivity index (χ1n) is 7.13. The molecular weight excluding hydrogens is 248 g/mol. The van der Waals surface area contributed by atoms with Crippen molar-refractivity contribution >= 4 is 17.5 Å². The Bertz CT molecular complexity index is 576. The average molecular weight is 268 g/mol. The molecule has 0 saturated carbocycles. The minimum absolute atomic E-state index is 0.861. The van der Waals surface area contributed by atoms with Gasteiger partial charge in [-0.3, -0.25) is 0 Å². The SMILES string of the molecule is Cc1cc(N(C)c2ccccc2)nc(N2CCCC2)n1. The summed E-state index contributed by atoms with van der Waals surface area (Å²) in [5.41, 5.74) is 2.15. The van der Waals surface area contributed by atoms with Crippen LogP contribution in [0.3, 0.4) is 0 Å². The lowest BCUT2D eigenvalue weighted by atomic mass is 10.3. The van der Waals surface area contributed by atoms with Gasteiger partial charge in [-0.15, -0.1) is 0 Å². The van der Waals surface area contributed by atoms with Crippen molar-refractivity contribution in [1.82, 2.24) is 9.97 Å². The van der Waals surface area contributed by atoms with Crippen molar-refractivity contribution in [1.29, 1.82) is 0 Å². The van der Waals surface area contributed by atoms with E-state index in [1.807, 2.05) is 38.2 Å². The number of para-hydroxylation sites is 1. The van der Waals surface area contributed by atoms with Crippen LogP contribution in [0.25, 0.3) is 0 Å². The zero-order valence-corrected chi connectivity index (χ0v) is 12.1. The van der Waals surface area contributed by atoms with Crippen LogP contribution in [-0.2, 0) is 0 Å². The van der Waals surface area contributed by atoms with Gasteiger partial charge in [0.2, 0.25) is 5.95 Å². The molecule has 0 N–H and O–H groups in total. The first-order valence-corrected chi connectivity index (χ1v) is 7.13. The molecule has 0 spiro atoms. The molecule has 1 saturated heterocycles. The largest absolute Gasteiger partial charge is 0.341 e. The predicted octanol–water partition coefficient (Wildman–Crippen LogP) is 3.15. The highest BCUT2D eigenvalue weighted by molar-refractivity contribution is 5.60. The number of aryl methyl sites for hydroxylation is 1. The van der Waals surface area contributed by atoms with Gasteiger partial charge >= 0.3 is 0 Å². The van der Waals surface area contributed by atoms with Crippen LogP contribution in [-0.4, -0.2) is 30.1 Å². The molecule has 20 heavy (non-hydrogen) atoms. The fourth-order valence-corrected chi connectivity index (χ4v) is 2.55. The molecule has 2 aromatic rings. The molecule has 1 aromatic carbocycles. The summed E-state index contributed by atoms with van der Waals surface area (Å²) < 4.78 is 0. The Morgan fingerprint density at radius 2 is 1.75 bits per heavy atom. The zero-order valence-electron chi connectivity index (χ0n) is 12.1. The number of aromatic nitrogens is 2. The van der Waals surface area contributed by atoms with Crippen LogP contribution in [0.5, 0.6) is 0 Å². The van der Waals surface area contributed by atoms with E-state index in [1.54, 1.807) is 0 Å². The second kappa shape index (κ2) is 5.49. The minimum atomic E-state index is 0.861. The van der Waals surface area contributed by atoms with Crippen molar-refractivity contribution < 1.29 is 0 Å². The first kappa shape index (κ1) is 12.9. The Morgan fingerprint density at radius 1 is 1.05 bits per heavy atom. The summed E-state index contributed by atoms with van der Waals surface area (Å²) in [7, 11) is 2.05. The molecule has 0 radical (unpaired) electrons. The molecule has 104 valence electrons. The molecule has 0 unspecified atom stereocenters. The maximum absolute atomic E-state index is 4.73. The van der Waals surface area contributed by atoms with E-state index >= 15 is 0 Å². The van der Waals surface area contributed by atoms with Gasteiger partial charge in [-0.1, -0.05) is 18.2 Å². The Hall–Kier alpha value is -2.10. The van der Waals surface area contributed by atoms with Gasteiger partial charge < -0.3 is 9.80 Å². The van der Waals surface area contributed by atoms with Gasteiger partial charge in [0.05, 0.1) is 0 Å². The fourth-order valence-electron chi connectivity index (χ4n) is 2.55. The van der Waals surface area contributed by atoms with Gasteiger partial charge in [-0.25, -0.2) is 4.98 Å². The summed E-state index contributed by atoms with van der Waals surface area (Å²) in [6, 6.07) is 12.3. The van der Waals surface area contributed by atoms with Crippen LogP contribution in [0.4, 0.5) is 17.5 Å². The van der Waals surface area contributed by atoms with E-state index in [0.717, 1.165) is 36.2 Å². The van der Waals surface area contributed by atoms with E-state index in [4.69, 9.17) is 4.98 Å². The lowest BCUT2D eigenvalue weighted by Crippen LogP contribution is -2.22. The lowest BCUT2D eigenvalue weighted by molar-refractivity contribution is 0.884. The van der Waals surface area contributed by atoms with E-state index in [-0.39, 0.29) is 0 Å². The summed E-state index contributed by atoms with van der Waals surface area (Å²) in [6.45, 7) is 4.17. The summed E-state index contributed by atoms with van der Waals surface area (Å²) in [6.07, 6.45) is 2.47. The average Bonchev–Trinajstić information content (AvgIpc) is 3.01. The van der Waals surface area contributed by atoms with Crippen LogP contribution < -0.4 is 9.80 Å². The quantitative estimate of drug-likeness (QED) is 0.856. The van der Waals surface area contributed by atoms with Gasteiger partial charge in [-0.05, 0) is 31.9 Å². The van der Waals surface area contributed by atoms with Gasteiger partial charge in [0.1, 0.15) is 5.82 Å². The van der Waals surface area contributed by atoms with E-state index in [1.165, 1.54) is 12.8 Å². The van der Waals surface area contributed by atoms with Crippen LogP contribution in [0.15, 0.2) is 36.4 Å². The van der Waals surface area contributed by atoms with Crippen LogP contribution in [0.2, 0.25) is 0 Å². The standard InChI is InChI=1S/C16H20N4/c1-13-12-15(19(2)14-8-4-3-5-9-14)18-16(17-13)20-10-6-7-11-20/h3-5,8-9,12H,6-7,10-11H2,1-2H3. The number of hydrogen-bond donors (Lipinski definition) is 0. The van der Waals surface area contributed by atoms with Gasteiger partial charge in [0, 0.05) is 37.6 Å². The number of hydrogen-bond acceptors (Lipinski definition) is 4. The van der Waals surface area contributed by atoms with E-state index in [2.05, 4.69) is 26.9 Å². The maximum Gasteiger partial charge on any atom is 0.227 e. The van der Waals surface area contributed by atoms with Crippen molar-refractivity contribution in [2.45, 2.75) is 19.8 Å². The predicted molar refractivity (Wildman–Crippen MR) is 82.7 cm³/mol. The van der Waals surface area contributed by atoms with E-state index in [9.17, 15) is 0 Å². The van der Waals surface area contributed by atoms with Gasteiger partial charge in [0.15, 0.2) is 0 Å². The molecule has 1 aliphatic rings. The second-order valence-electron chi connectivity index (χ2n) is 5.26. The first-order chi connectivity index (χ1) is 9.74. The van der Waals surface area contributed by atoms with Crippen LogP contribution >= 0.6 is 0 Å². The van der Waals surface area contributed by atoms with Crippen molar-refractivity contribution in [3.05, 3.63) is 42.1 Å². The maximum atomic E-state index is 4.73. The van der Waals surface area contributed by atoms with Gasteiger partial charge in [-0.2, -0.15) is 4.98 Å². The lowest BCUT2D eigenvalue weighted by Gasteiger charge is -2.22. The molecule has 1 aromatic heterocycles. The number of anilines is 3. The molecular formula is C16H20N4. The molecule has 0 amide bonds. The number of rotatable bonds is 3. The molecule has 4 nitrogen and oxygen atoms in total. The Balaban J connectivity index is 1.93. The highest BCUT2D eigenvalue weighted by Gasteiger charge is 2.17. The van der Waals surface area contributed by atoms with Crippen molar-refractivity contribution in [2.75, 3.05) is 29.9 Å². The molecule has 1 fully saturated rings. The monoisotopic (exact) mass is 268 g/mol. The third kappa shape index (κ3) is 2.59. The fraction of sp³-hybridized carbons (Fsp3) is 0.375. The normalized spacial score (nSPS) is 14.6. The highest BCUT2D eigenvalue weighted by Crippen LogP contribution is 2.25. The number of benzene rings is 1. The van der Waals surface area contributed by atoms with E-state index < -0.39 is 0 Å². The Morgan fingerprint density at radius 3 is 2.45 bits per heavy atom. The third-order valence-electron chi connectivity index (χ3n) is 3.70. The second-order valence-corrected chi connectivity index (χ2v) is 5.26.